The van der Waals surface area contributed by atoms with E-state index in [9.17, 15) is 24.8 Å². The van der Waals surface area contributed by atoms with Crippen LogP contribution in [-0.2, 0) is 11.8 Å². The lowest BCUT2D eigenvalue weighted by molar-refractivity contribution is -0.990. The Morgan fingerprint density at radius 2 is 1.79 bits per heavy atom. The van der Waals surface area contributed by atoms with E-state index in [0.717, 1.165) is 0 Å². The van der Waals surface area contributed by atoms with Crippen molar-refractivity contribution in [3.8, 4) is 17.0 Å². The van der Waals surface area contributed by atoms with Crippen molar-refractivity contribution in [3.05, 3.63) is 82.2 Å². The second-order valence-electron chi connectivity index (χ2n) is 10.8. The van der Waals surface area contributed by atoms with E-state index in [0.29, 0.717) is 66.8 Å². The Hall–Kier alpha value is -5.22. The second-order valence-corrected chi connectivity index (χ2v) is 11.2. The molecule has 244 valence electrons. The highest BCUT2D eigenvalue weighted by Gasteiger charge is 2.30. The molecule has 3 amide bonds. The smallest absolute Gasteiger partial charge is 0.414 e. The predicted octanol–water partition coefficient (Wildman–Crippen LogP) is 2.72. The van der Waals surface area contributed by atoms with Gasteiger partial charge in [0, 0.05) is 56.1 Å². The van der Waals surface area contributed by atoms with Crippen molar-refractivity contribution in [1.29, 1.82) is 0 Å². The number of para-hydroxylation sites is 1. The summed E-state index contributed by atoms with van der Waals surface area (Å²) in [5.41, 5.74) is 2.63. The van der Waals surface area contributed by atoms with Gasteiger partial charge in [-0.15, -0.1) is 5.10 Å². The average Bonchev–Trinajstić information content (AvgIpc) is 3.69. The fourth-order valence-corrected chi connectivity index (χ4v) is 5.90. The number of anilines is 3. The van der Waals surface area contributed by atoms with E-state index in [-0.39, 0.29) is 34.5 Å². The third-order valence-corrected chi connectivity index (χ3v) is 8.37. The molecule has 0 radical (unpaired) electrons. The summed E-state index contributed by atoms with van der Waals surface area (Å²) in [6.07, 6.45) is -0.459. The molecule has 2 fully saturated rings. The van der Waals surface area contributed by atoms with Gasteiger partial charge in [-0.1, -0.05) is 28.9 Å². The molecule has 15 nitrogen and oxygen atoms in total. The molecule has 1 aromatic heterocycles. The number of hydrogen-bond donors (Lipinski definition) is 3. The summed E-state index contributed by atoms with van der Waals surface area (Å²) in [7, 11) is 3.21. The first kappa shape index (κ1) is 31.7. The summed E-state index contributed by atoms with van der Waals surface area (Å²) in [4.78, 5) is 43.8. The molecule has 2 aliphatic rings. The van der Waals surface area contributed by atoms with Crippen LogP contribution >= 0.6 is 11.6 Å². The highest BCUT2D eigenvalue weighted by molar-refractivity contribution is 6.33. The third-order valence-electron chi connectivity index (χ3n) is 8.07. The monoisotopic (exact) mass is 662 g/mol. The van der Waals surface area contributed by atoms with Crippen LogP contribution in [-0.4, -0.2) is 89.4 Å². The molecular formula is C31H31ClN8O7. The summed E-state index contributed by atoms with van der Waals surface area (Å²) in [6, 6.07) is 16.4. The maximum atomic E-state index is 13.7. The van der Waals surface area contributed by atoms with E-state index in [1.54, 1.807) is 49.4 Å². The van der Waals surface area contributed by atoms with E-state index >= 15 is 0 Å². The molecule has 0 aliphatic carbocycles. The molecule has 2 aliphatic heterocycles. The number of quaternary nitrogens is 1. The molecule has 16 heteroatoms. The number of piperazine rings is 1. The Bertz CT molecular complexity index is 1820. The number of ether oxygens (including phenoxy) is 2. The molecule has 6 rings (SSSR count). The normalized spacial score (nSPS) is 15.4. The molecule has 3 N–H and O–H groups in total. The third kappa shape index (κ3) is 6.29. The standard InChI is InChI=1S/C31H31ClN8O7/c1-36-28(27(34-35-36)21-5-3-4-6-26(21)46-2)30(42)38-13-11-37(12-14-38)24-18-23(25(40(44)45)17-22(24)32)33-29(41)19-7-9-20(10-8-19)39-15-16-47-31(39)43/h3-10,17-18,40,44H,11-16H2,1-2H3,(H,33,41). The Balaban J connectivity index is 1.18. The van der Waals surface area contributed by atoms with Gasteiger partial charge in [0.15, 0.2) is 11.4 Å². The van der Waals surface area contributed by atoms with Crippen LogP contribution in [0.5, 0.6) is 5.75 Å². The second kappa shape index (κ2) is 13.3. The maximum Gasteiger partial charge on any atom is 0.414 e. The molecule has 2 saturated heterocycles. The van der Waals surface area contributed by atoms with E-state index in [4.69, 9.17) is 21.1 Å². The molecule has 4 aromatic rings. The lowest BCUT2D eigenvalue weighted by Gasteiger charge is -2.36. The molecule has 0 bridgehead atoms. The lowest BCUT2D eigenvalue weighted by atomic mass is 10.1. The highest BCUT2D eigenvalue weighted by atomic mass is 35.5. The van der Waals surface area contributed by atoms with Crippen LogP contribution in [0.2, 0.25) is 5.02 Å². The summed E-state index contributed by atoms with van der Waals surface area (Å²) in [6.45, 7) is 2.15. The van der Waals surface area contributed by atoms with Gasteiger partial charge in [0.05, 0.1) is 24.4 Å². The number of rotatable bonds is 8. The van der Waals surface area contributed by atoms with Gasteiger partial charge in [0.1, 0.15) is 23.7 Å². The molecule has 3 aromatic carbocycles. The van der Waals surface area contributed by atoms with Gasteiger partial charge in [-0.05, 0) is 42.5 Å². The number of carbonyl (C=O) groups is 3. The fourth-order valence-electron chi connectivity index (χ4n) is 5.62. The van der Waals surface area contributed by atoms with Crippen LogP contribution in [0.25, 0.3) is 11.3 Å². The predicted molar refractivity (Wildman–Crippen MR) is 171 cm³/mol. The zero-order chi connectivity index (χ0) is 33.2. The van der Waals surface area contributed by atoms with E-state index in [2.05, 4.69) is 15.6 Å². The van der Waals surface area contributed by atoms with E-state index in [1.807, 2.05) is 23.1 Å². The number of benzene rings is 3. The Morgan fingerprint density at radius 1 is 1.06 bits per heavy atom. The number of aryl methyl sites for hydroxylation is 1. The van der Waals surface area contributed by atoms with Gasteiger partial charge in [-0.2, -0.15) is 5.23 Å². The van der Waals surface area contributed by atoms with Crippen molar-refractivity contribution in [2.24, 2.45) is 7.05 Å². The van der Waals surface area contributed by atoms with Gasteiger partial charge in [0.25, 0.3) is 11.8 Å². The number of cyclic esters (lactones) is 1. The van der Waals surface area contributed by atoms with Gasteiger partial charge in [0.2, 0.25) is 0 Å². The first-order chi connectivity index (χ1) is 22.7. The van der Waals surface area contributed by atoms with E-state index in [1.165, 1.54) is 21.7 Å². The number of nitrogens with one attached hydrogen (secondary N) is 2. The first-order valence-corrected chi connectivity index (χ1v) is 15.0. The lowest BCUT2D eigenvalue weighted by Crippen LogP contribution is -2.99. The SMILES string of the molecule is COc1ccccc1-c1nnn(C)c1C(=O)N1CCN(c2cc(NC(=O)c3ccc(N4CCOC4=O)cc3)c([NH+]([O-])O)cc2Cl)CC1. The molecule has 47 heavy (non-hydrogen) atoms. The van der Waals surface area contributed by atoms with Crippen LogP contribution in [0.1, 0.15) is 20.8 Å². The Labute approximate surface area is 274 Å². The van der Waals surface area contributed by atoms with E-state index < -0.39 is 17.2 Å². The number of amides is 3. The average molecular weight is 663 g/mol. The Kier molecular flexibility index (Phi) is 8.95. The molecule has 3 heterocycles. The molecule has 1 atom stereocenters. The maximum absolute atomic E-state index is 13.7. The minimum absolute atomic E-state index is 0.0648. The van der Waals surface area contributed by atoms with Crippen molar-refractivity contribution >= 4 is 52.3 Å². The minimum atomic E-state index is -1.26. The summed E-state index contributed by atoms with van der Waals surface area (Å²) >= 11 is 6.57. The zero-order valence-corrected chi connectivity index (χ0v) is 26.2. The topological polar surface area (TPSA) is 170 Å². The van der Waals surface area contributed by atoms with Crippen LogP contribution in [0.3, 0.4) is 0 Å². The van der Waals surface area contributed by atoms with Crippen molar-refractivity contribution in [2.75, 3.05) is 61.6 Å². The summed E-state index contributed by atoms with van der Waals surface area (Å²) in [5.74, 6) is -0.215. The molecule has 0 saturated carbocycles. The highest BCUT2D eigenvalue weighted by Crippen LogP contribution is 2.35. The van der Waals surface area contributed by atoms with Gasteiger partial charge >= 0.3 is 6.09 Å². The van der Waals surface area contributed by atoms with Gasteiger partial charge < -0.3 is 29.8 Å². The minimum Gasteiger partial charge on any atom is -0.595 e. The molecule has 1 unspecified atom stereocenters. The number of carbonyl (C=O) groups excluding carboxylic acids is 3. The first-order valence-electron chi connectivity index (χ1n) is 14.7. The number of hydrogen-bond acceptors (Lipinski definition) is 10. The number of methoxy groups -OCH3 is 1. The van der Waals surface area contributed by atoms with Crippen LogP contribution < -0.4 is 25.1 Å². The zero-order valence-electron chi connectivity index (χ0n) is 25.5. The number of aromatic nitrogens is 3. The van der Waals surface area contributed by atoms with Crippen LogP contribution in [0.15, 0.2) is 60.7 Å². The number of nitrogens with zero attached hydrogens (tertiary/aromatic N) is 6. The van der Waals surface area contributed by atoms with Crippen LogP contribution in [0, 0.1) is 5.21 Å². The van der Waals surface area contributed by atoms with Crippen molar-refractivity contribution in [3.63, 3.8) is 0 Å². The fraction of sp³-hybridized carbons (Fsp3) is 0.258. The summed E-state index contributed by atoms with van der Waals surface area (Å²) < 4.78 is 11.9. The Morgan fingerprint density at radius 3 is 2.45 bits per heavy atom. The van der Waals surface area contributed by atoms with Crippen molar-refractivity contribution in [1.82, 2.24) is 19.9 Å². The molecule has 0 spiro atoms. The number of halogens is 1. The molecular weight excluding hydrogens is 632 g/mol. The quantitative estimate of drug-likeness (QED) is 0.239. The van der Waals surface area contributed by atoms with Gasteiger partial charge in [-0.25, -0.2) is 14.7 Å². The van der Waals surface area contributed by atoms with Crippen molar-refractivity contribution < 1.29 is 34.3 Å². The van der Waals surface area contributed by atoms with Gasteiger partial charge in [-0.3, -0.25) is 14.5 Å². The largest absolute Gasteiger partial charge is 0.595 e. The van der Waals surface area contributed by atoms with Crippen LogP contribution in [0.4, 0.5) is 27.5 Å². The summed E-state index contributed by atoms with van der Waals surface area (Å²) in [5, 5.41) is 31.9. The van der Waals surface area contributed by atoms with Crippen molar-refractivity contribution in [2.45, 2.75) is 0 Å².